The van der Waals surface area contributed by atoms with Gasteiger partial charge in [-0.3, -0.25) is 4.79 Å². The number of halogens is 1. The van der Waals surface area contributed by atoms with E-state index in [9.17, 15) is 9.18 Å². The summed E-state index contributed by atoms with van der Waals surface area (Å²) >= 11 is 3.39. The summed E-state index contributed by atoms with van der Waals surface area (Å²) in [5.74, 6) is 0.796. The Labute approximate surface area is 167 Å². The molecule has 1 aromatic heterocycles. The van der Waals surface area contributed by atoms with Crippen LogP contribution in [0, 0.1) is 5.82 Å². The maximum Gasteiger partial charge on any atom is 0.263 e. The van der Waals surface area contributed by atoms with Gasteiger partial charge in [-0.1, -0.05) is 42.5 Å². The highest BCUT2D eigenvalue weighted by Gasteiger charge is 2.23. The molecule has 27 heavy (non-hydrogen) atoms. The lowest BCUT2D eigenvalue weighted by molar-refractivity contribution is 0.0771. The quantitative estimate of drug-likeness (QED) is 0.550. The number of amides is 1. The zero-order valence-corrected chi connectivity index (χ0v) is 16.4. The number of hydrogen-bond acceptors (Lipinski definition) is 3. The summed E-state index contributed by atoms with van der Waals surface area (Å²) in [5.41, 5.74) is 3.24. The van der Waals surface area contributed by atoms with Crippen molar-refractivity contribution in [1.29, 1.82) is 0 Å². The lowest BCUT2D eigenvalue weighted by Crippen LogP contribution is -2.32. The molecule has 1 aliphatic rings. The normalized spacial score (nSPS) is 17.5. The molecule has 1 fully saturated rings. The van der Waals surface area contributed by atoms with E-state index >= 15 is 0 Å². The molecule has 0 aliphatic carbocycles. The molecule has 0 bridgehead atoms. The molecule has 1 saturated heterocycles. The Morgan fingerprint density at radius 3 is 2.56 bits per heavy atom. The van der Waals surface area contributed by atoms with Gasteiger partial charge in [-0.15, -0.1) is 11.3 Å². The van der Waals surface area contributed by atoms with Crippen molar-refractivity contribution in [2.24, 2.45) is 0 Å². The Bertz CT molecular complexity index is 908. The maximum atomic E-state index is 13.1. The van der Waals surface area contributed by atoms with Gasteiger partial charge >= 0.3 is 0 Å². The molecule has 0 spiro atoms. The third-order valence-corrected chi connectivity index (χ3v) is 7.03. The second-order valence-corrected chi connectivity index (χ2v) is 8.78. The fourth-order valence-corrected chi connectivity index (χ4v) is 5.42. The lowest BCUT2D eigenvalue weighted by atomic mass is 10.1. The Balaban J connectivity index is 1.45. The first kappa shape index (κ1) is 18.3. The molecule has 1 amide bonds. The van der Waals surface area contributed by atoms with Gasteiger partial charge in [0.25, 0.3) is 5.91 Å². The van der Waals surface area contributed by atoms with Crippen LogP contribution in [0.2, 0.25) is 0 Å². The third-order valence-electron chi connectivity index (χ3n) is 4.79. The highest BCUT2D eigenvalue weighted by atomic mass is 32.2. The van der Waals surface area contributed by atoms with Crippen molar-refractivity contribution in [1.82, 2.24) is 4.90 Å². The number of thiophene rings is 1. The predicted octanol–water partition coefficient (Wildman–Crippen LogP) is 5.87. The average molecular weight is 398 g/mol. The van der Waals surface area contributed by atoms with Crippen LogP contribution in [-0.4, -0.2) is 29.6 Å². The number of thioether (sulfide) groups is 1. The Hall–Kier alpha value is -2.11. The van der Waals surface area contributed by atoms with Crippen LogP contribution in [0.5, 0.6) is 0 Å². The second kappa shape index (κ2) is 8.28. The van der Waals surface area contributed by atoms with E-state index in [0.29, 0.717) is 5.25 Å². The van der Waals surface area contributed by atoms with E-state index in [1.54, 1.807) is 12.1 Å². The van der Waals surface area contributed by atoms with Crippen LogP contribution < -0.4 is 0 Å². The molecule has 0 saturated carbocycles. The summed E-state index contributed by atoms with van der Waals surface area (Å²) in [6.07, 6.45) is 0.969. The minimum atomic E-state index is -0.250. The molecule has 1 atom stereocenters. The third kappa shape index (κ3) is 4.25. The van der Waals surface area contributed by atoms with E-state index in [0.717, 1.165) is 41.3 Å². The highest BCUT2D eigenvalue weighted by molar-refractivity contribution is 7.99. The van der Waals surface area contributed by atoms with Crippen LogP contribution >= 0.6 is 23.1 Å². The number of benzene rings is 2. The first-order valence-electron chi connectivity index (χ1n) is 9.01. The van der Waals surface area contributed by atoms with Gasteiger partial charge < -0.3 is 4.90 Å². The molecular formula is C22H20FNOS2. The van der Waals surface area contributed by atoms with Gasteiger partial charge in [0.05, 0.1) is 4.88 Å². The fraction of sp³-hybridized carbons (Fsp3) is 0.227. The monoisotopic (exact) mass is 397 g/mol. The molecular weight excluding hydrogens is 377 g/mol. The second-order valence-electron chi connectivity index (χ2n) is 6.56. The zero-order valence-electron chi connectivity index (χ0n) is 14.8. The minimum Gasteiger partial charge on any atom is -0.337 e. The SMILES string of the molecule is O=C(c1cc(-c2ccc(F)cc2)cs1)N1CCSC(c2ccccc2)CC1. The first-order valence-corrected chi connectivity index (χ1v) is 10.9. The first-order chi connectivity index (χ1) is 13.2. The molecule has 2 heterocycles. The number of nitrogens with zero attached hydrogens (tertiary/aromatic N) is 1. The zero-order chi connectivity index (χ0) is 18.6. The van der Waals surface area contributed by atoms with Crippen molar-refractivity contribution in [3.8, 4) is 11.1 Å². The van der Waals surface area contributed by atoms with Gasteiger partial charge in [0.2, 0.25) is 0 Å². The summed E-state index contributed by atoms with van der Waals surface area (Å²) < 4.78 is 13.1. The summed E-state index contributed by atoms with van der Waals surface area (Å²) in [5, 5.41) is 2.42. The summed E-state index contributed by atoms with van der Waals surface area (Å²) in [6, 6.07) is 18.8. The van der Waals surface area contributed by atoms with Crippen molar-refractivity contribution in [2.75, 3.05) is 18.8 Å². The number of carbonyl (C=O) groups is 1. The summed E-state index contributed by atoms with van der Waals surface area (Å²) in [7, 11) is 0. The molecule has 1 unspecified atom stereocenters. The van der Waals surface area contributed by atoms with Crippen LogP contribution in [0.25, 0.3) is 11.1 Å². The largest absolute Gasteiger partial charge is 0.337 e. The van der Waals surface area contributed by atoms with Gasteiger partial charge in [-0.05, 0) is 46.7 Å². The van der Waals surface area contributed by atoms with Crippen molar-refractivity contribution in [3.05, 3.63) is 82.3 Å². The van der Waals surface area contributed by atoms with E-state index < -0.39 is 0 Å². The van der Waals surface area contributed by atoms with Crippen LogP contribution in [0.3, 0.4) is 0 Å². The van der Waals surface area contributed by atoms with Crippen LogP contribution in [-0.2, 0) is 0 Å². The lowest BCUT2D eigenvalue weighted by Gasteiger charge is -2.19. The molecule has 1 aliphatic heterocycles. The molecule has 0 radical (unpaired) electrons. The molecule has 0 N–H and O–H groups in total. The van der Waals surface area contributed by atoms with Crippen molar-refractivity contribution in [2.45, 2.75) is 11.7 Å². The molecule has 3 aromatic rings. The van der Waals surface area contributed by atoms with E-state index in [-0.39, 0.29) is 11.7 Å². The van der Waals surface area contributed by atoms with E-state index in [1.807, 2.05) is 34.2 Å². The molecule has 5 heteroatoms. The predicted molar refractivity (Wildman–Crippen MR) is 112 cm³/mol. The smallest absolute Gasteiger partial charge is 0.263 e. The van der Waals surface area contributed by atoms with Crippen LogP contribution in [0.4, 0.5) is 4.39 Å². The fourth-order valence-electron chi connectivity index (χ4n) is 3.30. The molecule has 138 valence electrons. The van der Waals surface area contributed by atoms with E-state index in [2.05, 4.69) is 24.3 Å². The van der Waals surface area contributed by atoms with Gasteiger partial charge in [0.15, 0.2) is 0 Å². The van der Waals surface area contributed by atoms with Gasteiger partial charge in [-0.25, -0.2) is 4.39 Å². The Morgan fingerprint density at radius 1 is 1.00 bits per heavy atom. The number of rotatable bonds is 3. The molecule has 2 aromatic carbocycles. The molecule has 2 nitrogen and oxygen atoms in total. The maximum absolute atomic E-state index is 13.1. The van der Waals surface area contributed by atoms with Crippen molar-refractivity contribution < 1.29 is 9.18 Å². The summed E-state index contributed by atoms with van der Waals surface area (Å²) in [4.78, 5) is 15.7. The van der Waals surface area contributed by atoms with Crippen LogP contribution in [0.1, 0.15) is 26.9 Å². The summed E-state index contributed by atoms with van der Waals surface area (Å²) in [6.45, 7) is 1.55. The Kier molecular flexibility index (Phi) is 5.60. The minimum absolute atomic E-state index is 0.0997. The van der Waals surface area contributed by atoms with Gasteiger partial charge in [0.1, 0.15) is 5.82 Å². The number of hydrogen-bond donors (Lipinski definition) is 0. The standard InChI is InChI=1S/C22H20FNOS2/c23-19-8-6-16(7-9-19)18-14-21(27-15-18)22(25)24-11-10-20(26-13-12-24)17-4-2-1-3-5-17/h1-9,14-15,20H,10-13H2. The van der Waals surface area contributed by atoms with E-state index in [4.69, 9.17) is 0 Å². The average Bonchev–Trinajstić information content (AvgIpc) is 3.06. The number of carbonyl (C=O) groups excluding carboxylic acids is 1. The Morgan fingerprint density at radius 2 is 1.78 bits per heavy atom. The van der Waals surface area contributed by atoms with Crippen molar-refractivity contribution >= 4 is 29.0 Å². The molecule has 4 rings (SSSR count). The highest BCUT2D eigenvalue weighted by Crippen LogP contribution is 2.35. The van der Waals surface area contributed by atoms with Gasteiger partial charge in [0, 0.05) is 24.1 Å². The van der Waals surface area contributed by atoms with E-state index in [1.165, 1.54) is 29.0 Å². The van der Waals surface area contributed by atoms with Crippen molar-refractivity contribution in [3.63, 3.8) is 0 Å². The van der Waals surface area contributed by atoms with Gasteiger partial charge in [-0.2, -0.15) is 11.8 Å². The topological polar surface area (TPSA) is 20.3 Å². The van der Waals surface area contributed by atoms with Crippen LogP contribution in [0.15, 0.2) is 66.0 Å².